The second-order valence-electron chi connectivity index (χ2n) is 9.99. The molecule has 32 heavy (non-hydrogen) atoms. The molecule has 2 rings (SSSR count). The number of hydrogen-bond acceptors (Lipinski definition) is 0. The van der Waals surface area contributed by atoms with Gasteiger partial charge in [0.15, 0.2) is 0 Å². The van der Waals surface area contributed by atoms with Gasteiger partial charge in [0.1, 0.15) is 18.4 Å². The van der Waals surface area contributed by atoms with Crippen molar-refractivity contribution in [3.05, 3.63) is 54.6 Å². The average Bonchev–Trinajstić information content (AvgIpc) is 3.36. The number of H-pyrrole nitrogens is 1. The van der Waals surface area contributed by atoms with Gasteiger partial charge in [0.25, 0.3) is 0 Å². The summed E-state index contributed by atoms with van der Waals surface area (Å²) in [5, 5.41) is 0. The minimum absolute atomic E-state index is 0.535. The molecule has 1 aromatic heterocycles. The minimum atomic E-state index is 0.535. The fraction of sp³-hybridized carbons (Fsp3) is 0.700. The van der Waals surface area contributed by atoms with Crippen LogP contribution in [-0.4, -0.2) is 4.98 Å². The van der Waals surface area contributed by atoms with Gasteiger partial charge in [-0.1, -0.05) is 134 Å². The van der Waals surface area contributed by atoms with E-state index in [1.165, 1.54) is 115 Å². The van der Waals surface area contributed by atoms with Crippen LogP contribution in [0.3, 0.4) is 0 Å². The highest BCUT2D eigenvalue weighted by atomic mass is 15.0. The molecule has 1 aromatic carbocycles. The molecule has 1 N–H and O–H groups in total. The Bertz CT molecular complexity index is 634. The van der Waals surface area contributed by atoms with Gasteiger partial charge in [-0.3, -0.25) is 4.98 Å². The van der Waals surface area contributed by atoms with Crippen LogP contribution in [0.5, 0.6) is 0 Å². The van der Waals surface area contributed by atoms with Crippen molar-refractivity contribution in [1.82, 2.24) is 4.98 Å². The summed E-state index contributed by atoms with van der Waals surface area (Å²) in [4.78, 5) is 3.21. The van der Waals surface area contributed by atoms with Crippen LogP contribution in [0.15, 0.2) is 49.1 Å². The van der Waals surface area contributed by atoms with E-state index in [0.29, 0.717) is 12.0 Å². The van der Waals surface area contributed by atoms with Gasteiger partial charge < -0.3 is 0 Å². The molecular weight excluding hydrogens is 388 g/mol. The van der Waals surface area contributed by atoms with Crippen molar-refractivity contribution in [3.8, 4) is 0 Å². The predicted molar refractivity (Wildman–Crippen MR) is 139 cm³/mol. The van der Waals surface area contributed by atoms with Crippen molar-refractivity contribution < 1.29 is 4.57 Å². The monoisotopic (exact) mass is 439 g/mol. The Labute approximate surface area is 199 Å². The third kappa shape index (κ3) is 11.9. The molecule has 0 aliphatic rings. The Kier molecular flexibility index (Phi) is 14.9. The highest BCUT2D eigenvalue weighted by Crippen LogP contribution is 2.24. The summed E-state index contributed by atoms with van der Waals surface area (Å²) in [5.74, 6) is 0.695. The number of unbranched alkanes of at least 4 members (excludes halogenated alkanes) is 14. The lowest BCUT2D eigenvalue weighted by Crippen LogP contribution is -2.40. The van der Waals surface area contributed by atoms with Gasteiger partial charge in [-0.2, -0.15) is 0 Å². The van der Waals surface area contributed by atoms with Gasteiger partial charge in [0, 0.05) is 5.92 Å². The summed E-state index contributed by atoms with van der Waals surface area (Å²) in [6.07, 6.45) is 30.3. The number of nitrogens with zero attached hydrogens (tertiary/aromatic N) is 1. The standard InChI is InChI=1S/C30H50N2/c1-3-4-5-6-7-8-9-10-11-12-13-14-15-16-20-23-30(26-29-21-18-17-19-22-29)28(2)32-25-24-31-27-32/h17-19,21-22,24-25,27-28,30H,3-16,20,23,26H2,1-2H3/p+1. The molecule has 180 valence electrons. The van der Waals surface area contributed by atoms with Gasteiger partial charge in [-0.25, -0.2) is 4.57 Å². The van der Waals surface area contributed by atoms with Gasteiger partial charge in [0.2, 0.25) is 6.33 Å². The van der Waals surface area contributed by atoms with Crippen LogP contribution in [0.2, 0.25) is 0 Å². The molecule has 0 radical (unpaired) electrons. The number of imidazole rings is 1. The molecule has 0 bridgehead atoms. The summed E-state index contributed by atoms with van der Waals surface area (Å²) in [6, 6.07) is 11.6. The molecule has 2 heteroatoms. The van der Waals surface area contributed by atoms with Crippen LogP contribution in [0.1, 0.15) is 128 Å². The van der Waals surface area contributed by atoms with Crippen molar-refractivity contribution >= 4 is 0 Å². The summed E-state index contributed by atoms with van der Waals surface area (Å²) in [7, 11) is 0. The molecule has 0 saturated heterocycles. The van der Waals surface area contributed by atoms with Crippen LogP contribution in [0, 0.1) is 5.92 Å². The van der Waals surface area contributed by atoms with Crippen molar-refractivity contribution in [2.24, 2.45) is 5.92 Å². The highest BCUT2D eigenvalue weighted by molar-refractivity contribution is 5.15. The third-order valence-corrected chi connectivity index (χ3v) is 7.24. The van der Waals surface area contributed by atoms with E-state index in [0.717, 1.165) is 0 Å². The van der Waals surface area contributed by atoms with Gasteiger partial charge in [-0.15, -0.1) is 0 Å². The second-order valence-corrected chi connectivity index (χ2v) is 9.99. The van der Waals surface area contributed by atoms with Gasteiger partial charge in [-0.05, 0) is 25.3 Å². The van der Waals surface area contributed by atoms with E-state index in [-0.39, 0.29) is 0 Å². The topological polar surface area (TPSA) is 19.7 Å². The van der Waals surface area contributed by atoms with E-state index in [1.807, 2.05) is 6.20 Å². The van der Waals surface area contributed by atoms with Crippen molar-refractivity contribution in [2.45, 2.75) is 129 Å². The first-order chi connectivity index (χ1) is 15.8. The zero-order chi connectivity index (χ0) is 22.7. The number of benzene rings is 1. The lowest BCUT2D eigenvalue weighted by atomic mass is 9.88. The maximum atomic E-state index is 3.21. The summed E-state index contributed by atoms with van der Waals surface area (Å²) < 4.78 is 2.35. The zero-order valence-electron chi connectivity index (χ0n) is 21.2. The molecule has 2 atom stereocenters. The van der Waals surface area contributed by atoms with E-state index >= 15 is 0 Å². The lowest BCUT2D eigenvalue weighted by Gasteiger charge is -2.22. The van der Waals surface area contributed by atoms with Crippen molar-refractivity contribution in [2.75, 3.05) is 0 Å². The molecular formula is C30H51N2+. The second kappa shape index (κ2) is 17.9. The largest absolute Gasteiger partial charge is 0.250 e. The molecule has 1 heterocycles. The number of aromatic amines is 1. The Hall–Kier alpha value is -1.57. The van der Waals surface area contributed by atoms with E-state index in [9.17, 15) is 0 Å². The molecule has 0 fully saturated rings. The number of nitrogens with one attached hydrogen (secondary N) is 1. The molecule has 0 aliphatic heterocycles. The minimum Gasteiger partial charge on any atom is -0.250 e. The lowest BCUT2D eigenvalue weighted by molar-refractivity contribution is -0.725. The van der Waals surface area contributed by atoms with E-state index in [1.54, 1.807) is 0 Å². The molecule has 2 aromatic rings. The van der Waals surface area contributed by atoms with E-state index in [4.69, 9.17) is 0 Å². The molecule has 2 unspecified atom stereocenters. The van der Waals surface area contributed by atoms with Crippen LogP contribution in [0.25, 0.3) is 0 Å². The third-order valence-electron chi connectivity index (χ3n) is 7.24. The van der Waals surface area contributed by atoms with Crippen LogP contribution in [0.4, 0.5) is 0 Å². The maximum absolute atomic E-state index is 3.21. The first kappa shape index (κ1) is 26.7. The maximum Gasteiger partial charge on any atom is 0.241 e. The molecule has 0 spiro atoms. The van der Waals surface area contributed by atoms with Gasteiger partial charge >= 0.3 is 0 Å². The highest BCUT2D eigenvalue weighted by Gasteiger charge is 2.22. The van der Waals surface area contributed by atoms with Crippen molar-refractivity contribution in [1.29, 1.82) is 0 Å². The van der Waals surface area contributed by atoms with Gasteiger partial charge in [0.05, 0.1) is 0 Å². The van der Waals surface area contributed by atoms with E-state index in [2.05, 4.69) is 66.3 Å². The first-order valence-electron chi connectivity index (χ1n) is 13.9. The molecule has 0 aliphatic carbocycles. The summed E-state index contributed by atoms with van der Waals surface area (Å²) in [5.41, 5.74) is 1.47. The van der Waals surface area contributed by atoms with Crippen LogP contribution >= 0.6 is 0 Å². The zero-order valence-corrected chi connectivity index (χ0v) is 21.2. The first-order valence-corrected chi connectivity index (χ1v) is 13.9. The Morgan fingerprint density at radius 1 is 0.719 bits per heavy atom. The molecule has 2 nitrogen and oxygen atoms in total. The van der Waals surface area contributed by atoms with Crippen molar-refractivity contribution in [3.63, 3.8) is 0 Å². The number of rotatable bonds is 20. The predicted octanol–water partition coefficient (Wildman–Crippen LogP) is 8.98. The normalized spacial score (nSPS) is 13.3. The van der Waals surface area contributed by atoms with E-state index < -0.39 is 0 Å². The summed E-state index contributed by atoms with van der Waals surface area (Å²) >= 11 is 0. The fourth-order valence-electron chi connectivity index (χ4n) is 5.01. The van der Waals surface area contributed by atoms with Crippen LogP contribution < -0.4 is 4.57 Å². The Morgan fingerprint density at radius 3 is 1.75 bits per heavy atom. The fourth-order valence-corrected chi connectivity index (χ4v) is 5.01. The average molecular weight is 440 g/mol. The molecule has 0 amide bonds. The summed E-state index contributed by atoms with van der Waals surface area (Å²) in [6.45, 7) is 4.68. The number of aromatic nitrogens is 2. The molecule has 0 saturated carbocycles. The Morgan fingerprint density at radius 2 is 1.25 bits per heavy atom. The SMILES string of the molecule is CCCCCCCCCCCCCCCCCC(Cc1ccccc1)C(C)[n+]1cc[nH]c1. The Balaban J connectivity index is 1.51. The van der Waals surface area contributed by atoms with Crippen LogP contribution in [-0.2, 0) is 6.42 Å². The smallest absolute Gasteiger partial charge is 0.241 e. The number of hydrogen-bond donors (Lipinski definition) is 1. The quantitative estimate of drug-likeness (QED) is 0.157.